The number of aromatic nitrogens is 4. The van der Waals surface area contributed by atoms with Crippen molar-refractivity contribution < 1.29 is 9.21 Å². The van der Waals surface area contributed by atoms with Crippen LogP contribution in [0.15, 0.2) is 69.0 Å². The summed E-state index contributed by atoms with van der Waals surface area (Å²) in [5, 5.41) is 26.1. The number of nitriles is 1. The maximum absolute atomic E-state index is 13.0. The third-order valence-electron chi connectivity index (χ3n) is 5.76. The third kappa shape index (κ3) is 5.25. The van der Waals surface area contributed by atoms with Crippen LogP contribution in [0.3, 0.4) is 0 Å². The Bertz CT molecular complexity index is 1460. The van der Waals surface area contributed by atoms with Crippen molar-refractivity contribution in [3.8, 4) is 17.7 Å². The minimum absolute atomic E-state index is 0.00725. The number of amides is 1. The number of benzene rings is 2. The molecule has 0 fully saturated rings. The van der Waals surface area contributed by atoms with Crippen molar-refractivity contribution in [2.24, 2.45) is 5.92 Å². The van der Waals surface area contributed by atoms with Crippen LogP contribution in [-0.4, -0.2) is 37.2 Å². The Morgan fingerprint density at radius 1 is 1.14 bits per heavy atom. The minimum Gasteiger partial charge on any atom is -0.409 e. The van der Waals surface area contributed by atoms with Gasteiger partial charge in [-0.2, -0.15) is 10.4 Å². The minimum atomic E-state index is -0.965. The van der Waals surface area contributed by atoms with E-state index in [-0.39, 0.29) is 34.3 Å². The summed E-state index contributed by atoms with van der Waals surface area (Å²) in [6.45, 7) is 5.72. The van der Waals surface area contributed by atoms with E-state index in [2.05, 4.69) is 26.7 Å². The van der Waals surface area contributed by atoms with Crippen LogP contribution in [-0.2, 0) is 11.3 Å². The first-order chi connectivity index (χ1) is 16.8. The third-order valence-corrected chi connectivity index (χ3v) is 6.58. The van der Waals surface area contributed by atoms with E-state index in [1.54, 1.807) is 25.1 Å². The number of rotatable bonds is 8. The average Bonchev–Trinajstić information content (AvgIpc) is 3.34. The highest BCUT2D eigenvalue weighted by Gasteiger charge is 2.30. The van der Waals surface area contributed by atoms with Crippen LogP contribution < -0.4 is 10.9 Å². The average molecular weight is 489 g/mol. The van der Waals surface area contributed by atoms with E-state index in [9.17, 15) is 14.9 Å². The lowest BCUT2D eigenvalue weighted by molar-refractivity contribution is -0.120. The van der Waals surface area contributed by atoms with Gasteiger partial charge in [0.2, 0.25) is 5.91 Å². The molecule has 178 valence electrons. The second kappa shape index (κ2) is 10.1. The largest absolute Gasteiger partial charge is 0.409 e. The summed E-state index contributed by atoms with van der Waals surface area (Å²) in [6.07, 6.45) is 0. The molecule has 4 aromatic rings. The zero-order valence-corrected chi connectivity index (χ0v) is 20.4. The monoisotopic (exact) mass is 488 g/mol. The molecule has 2 aromatic carbocycles. The lowest BCUT2D eigenvalue weighted by Crippen LogP contribution is -2.49. The fourth-order valence-corrected chi connectivity index (χ4v) is 3.94. The molecule has 35 heavy (non-hydrogen) atoms. The maximum atomic E-state index is 13.0. The number of carbonyl (C=O) groups excluding carboxylic acids is 1. The van der Waals surface area contributed by atoms with Gasteiger partial charge >= 0.3 is 0 Å². The van der Waals surface area contributed by atoms with Crippen molar-refractivity contribution in [2.45, 2.75) is 38.1 Å². The van der Waals surface area contributed by atoms with E-state index in [0.29, 0.717) is 23.0 Å². The lowest BCUT2D eigenvalue weighted by Gasteiger charge is -2.27. The summed E-state index contributed by atoms with van der Waals surface area (Å²) in [4.78, 5) is 25.4. The summed E-state index contributed by atoms with van der Waals surface area (Å²) < 4.78 is 7.18. The molecule has 1 amide bonds. The van der Waals surface area contributed by atoms with Gasteiger partial charge < -0.3 is 9.73 Å². The van der Waals surface area contributed by atoms with Gasteiger partial charge in [-0.15, -0.1) is 10.2 Å². The lowest BCUT2D eigenvalue weighted by atomic mass is 9.90. The number of nitrogens with one attached hydrogen (secondary N) is 1. The van der Waals surface area contributed by atoms with Gasteiger partial charge in [0.05, 0.1) is 23.8 Å². The molecule has 0 radical (unpaired) electrons. The van der Waals surface area contributed by atoms with Crippen molar-refractivity contribution in [3.63, 3.8) is 0 Å². The van der Waals surface area contributed by atoms with Crippen LogP contribution in [0.5, 0.6) is 0 Å². The van der Waals surface area contributed by atoms with Crippen LogP contribution in [0.1, 0.15) is 26.3 Å². The molecular weight excluding hydrogens is 464 g/mol. The Morgan fingerprint density at radius 3 is 2.51 bits per heavy atom. The van der Waals surface area contributed by atoms with Gasteiger partial charge in [-0.05, 0) is 24.5 Å². The van der Waals surface area contributed by atoms with E-state index >= 15 is 0 Å². The first-order valence-corrected chi connectivity index (χ1v) is 12.0. The Labute approximate surface area is 206 Å². The van der Waals surface area contributed by atoms with Crippen LogP contribution >= 0.6 is 11.8 Å². The zero-order valence-electron chi connectivity index (χ0n) is 19.6. The summed E-state index contributed by atoms with van der Waals surface area (Å²) in [5.74, 6) is -0.211. The zero-order chi connectivity index (χ0) is 25.0. The second-order valence-electron chi connectivity index (χ2n) is 8.52. The molecule has 0 aliphatic rings. The molecule has 0 aliphatic heterocycles. The highest BCUT2D eigenvalue weighted by molar-refractivity contribution is 7.99. The van der Waals surface area contributed by atoms with Gasteiger partial charge in [0.1, 0.15) is 5.54 Å². The predicted molar refractivity (Wildman–Crippen MR) is 133 cm³/mol. The highest BCUT2D eigenvalue weighted by atomic mass is 32.2. The molecule has 0 unspecified atom stereocenters. The molecule has 2 heterocycles. The van der Waals surface area contributed by atoms with Gasteiger partial charge in [-0.3, -0.25) is 9.59 Å². The van der Waals surface area contributed by atoms with Crippen LogP contribution in [0, 0.1) is 17.2 Å². The first-order valence-electron chi connectivity index (χ1n) is 11.0. The molecule has 0 saturated heterocycles. The molecule has 1 N–H and O–H groups in total. The number of fused-ring (bicyclic) bond motifs is 1. The number of nitrogens with zero attached hydrogens (tertiary/aromatic N) is 5. The maximum Gasteiger partial charge on any atom is 0.277 e. The highest BCUT2D eigenvalue weighted by Crippen LogP contribution is 2.27. The number of thioether (sulfide) groups is 1. The summed E-state index contributed by atoms with van der Waals surface area (Å²) in [7, 11) is 0. The van der Waals surface area contributed by atoms with Crippen LogP contribution in [0.2, 0.25) is 0 Å². The molecule has 0 saturated carbocycles. The molecule has 0 spiro atoms. The molecule has 2 aromatic heterocycles. The van der Waals surface area contributed by atoms with Crippen LogP contribution in [0.25, 0.3) is 22.4 Å². The Morgan fingerprint density at radius 2 is 1.83 bits per heavy atom. The van der Waals surface area contributed by atoms with E-state index in [4.69, 9.17) is 4.42 Å². The number of carbonyl (C=O) groups is 1. The summed E-state index contributed by atoms with van der Waals surface area (Å²) >= 11 is 1.06. The van der Waals surface area contributed by atoms with E-state index in [1.165, 1.54) is 4.68 Å². The normalized spacial score (nSPS) is 12.9. The van der Waals surface area contributed by atoms with Crippen LogP contribution in [0.4, 0.5) is 0 Å². The van der Waals surface area contributed by atoms with Gasteiger partial charge in [-0.25, -0.2) is 4.68 Å². The molecule has 1 atom stereocenters. The fourth-order valence-electron chi connectivity index (χ4n) is 3.37. The Hall–Kier alpha value is -3.97. The Balaban J connectivity index is 1.59. The Kier molecular flexibility index (Phi) is 6.98. The molecule has 4 rings (SSSR count). The van der Waals surface area contributed by atoms with Crippen molar-refractivity contribution in [3.05, 3.63) is 70.5 Å². The van der Waals surface area contributed by atoms with E-state index < -0.39 is 5.54 Å². The number of hydrogen-bond acceptors (Lipinski definition) is 8. The number of hydrogen-bond donors (Lipinski definition) is 1. The van der Waals surface area contributed by atoms with Gasteiger partial charge in [0, 0.05) is 5.39 Å². The smallest absolute Gasteiger partial charge is 0.277 e. The molecular formula is C25H24N6O3S. The van der Waals surface area contributed by atoms with Crippen molar-refractivity contribution >= 4 is 28.4 Å². The predicted octanol–water partition coefficient (Wildman–Crippen LogP) is 3.64. The van der Waals surface area contributed by atoms with Crippen molar-refractivity contribution in [1.82, 2.24) is 25.3 Å². The SMILES string of the molecule is CC(C)[C@](C)(C#N)NC(=O)CSc1nnc(-c2nn(Cc3ccccc3)c(=O)c3ccccc23)o1. The summed E-state index contributed by atoms with van der Waals surface area (Å²) in [5.41, 5.74) is 0.135. The van der Waals surface area contributed by atoms with E-state index in [1.807, 2.05) is 50.2 Å². The molecule has 9 nitrogen and oxygen atoms in total. The topological polar surface area (TPSA) is 127 Å². The fraction of sp³-hybridized carbons (Fsp3) is 0.280. The molecule has 0 aliphatic carbocycles. The van der Waals surface area contributed by atoms with Gasteiger partial charge in [0.15, 0.2) is 5.69 Å². The first kappa shape index (κ1) is 24.2. The van der Waals surface area contributed by atoms with E-state index in [0.717, 1.165) is 17.3 Å². The standard InChI is InChI=1S/C25H24N6O3S/c1-16(2)25(3,15-26)27-20(32)14-35-24-29-28-22(34-24)21-18-11-7-8-12-19(18)23(33)31(30-21)13-17-9-5-4-6-10-17/h4-12,16H,13-14H2,1-3H3,(H,27,32)/t25-/m0/s1. The van der Waals surface area contributed by atoms with Crippen molar-refractivity contribution in [1.29, 1.82) is 5.26 Å². The van der Waals surface area contributed by atoms with Gasteiger partial charge in [0.25, 0.3) is 16.7 Å². The van der Waals surface area contributed by atoms with Gasteiger partial charge in [-0.1, -0.05) is 74.1 Å². The summed E-state index contributed by atoms with van der Waals surface area (Å²) in [6, 6.07) is 18.8. The molecule has 10 heteroatoms. The van der Waals surface area contributed by atoms with Crippen molar-refractivity contribution in [2.75, 3.05) is 5.75 Å². The quantitative estimate of drug-likeness (QED) is 0.373. The second-order valence-corrected chi connectivity index (χ2v) is 9.45. The molecule has 0 bridgehead atoms.